The van der Waals surface area contributed by atoms with E-state index in [1.807, 2.05) is 30.3 Å². The summed E-state index contributed by atoms with van der Waals surface area (Å²) in [7, 11) is 1.33. The molecule has 1 fully saturated rings. The molecular weight excluding hydrogens is 268 g/mol. The van der Waals surface area contributed by atoms with Crippen molar-refractivity contribution in [3.05, 3.63) is 35.9 Å². The lowest BCUT2D eigenvalue weighted by molar-refractivity contribution is -0.142. The number of carbonyl (C=O) groups excluding carboxylic acids is 2. The van der Waals surface area contributed by atoms with Crippen LogP contribution in [0, 0.1) is 0 Å². The van der Waals surface area contributed by atoms with Crippen LogP contribution in [-0.2, 0) is 16.0 Å². The summed E-state index contributed by atoms with van der Waals surface area (Å²) in [5, 5.41) is 5.63. The van der Waals surface area contributed by atoms with E-state index in [0.717, 1.165) is 31.2 Å². The largest absolute Gasteiger partial charge is 0.467 e. The predicted molar refractivity (Wildman–Crippen MR) is 79.9 cm³/mol. The van der Waals surface area contributed by atoms with Gasteiger partial charge in [-0.3, -0.25) is 0 Å². The molecular formula is C16H22N2O3. The van der Waals surface area contributed by atoms with E-state index in [1.165, 1.54) is 7.11 Å². The van der Waals surface area contributed by atoms with Crippen LogP contribution in [0.4, 0.5) is 4.79 Å². The molecule has 21 heavy (non-hydrogen) atoms. The summed E-state index contributed by atoms with van der Waals surface area (Å²) >= 11 is 0. The summed E-state index contributed by atoms with van der Waals surface area (Å²) in [6, 6.07) is 8.83. The normalized spacial score (nSPS) is 16.2. The third-order valence-electron chi connectivity index (χ3n) is 3.76. The van der Waals surface area contributed by atoms with Crippen LogP contribution in [-0.4, -0.2) is 31.2 Å². The molecule has 0 spiro atoms. The minimum atomic E-state index is -0.668. The minimum Gasteiger partial charge on any atom is -0.467 e. The van der Waals surface area contributed by atoms with Gasteiger partial charge in [0.05, 0.1) is 7.11 Å². The number of hydrogen-bond donors (Lipinski definition) is 2. The molecule has 0 saturated heterocycles. The highest BCUT2D eigenvalue weighted by molar-refractivity contribution is 5.83. The Hall–Kier alpha value is -2.04. The first-order valence-electron chi connectivity index (χ1n) is 7.38. The fraction of sp³-hybridized carbons (Fsp3) is 0.500. The van der Waals surface area contributed by atoms with Crippen LogP contribution in [0.15, 0.2) is 30.3 Å². The summed E-state index contributed by atoms with van der Waals surface area (Å²) in [6.45, 7) is 0. The first-order valence-corrected chi connectivity index (χ1v) is 7.38. The number of hydrogen-bond acceptors (Lipinski definition) is 3. The van der Waals surface area contributed by atoms with Crippen molar-refractivity contribution in [2.75, 3.05) is 7.11 Å². The van der Waals surface area contributed by atoms with Gasteiger partial charge in [0.15, 0.2) is 0 Å². The third-order valence-corrected chi connectivity index (χ3v) is 3.76. The summed E-state index contributed by atoms with van der Waals surface area (Å²) in [5.74, 6) is -0.430. The van der Waals surface area contributed by atoms with Gasteiger partial charge in [0.2, 0.25) is 0 Å². The lowest BCUT2D eigenvalue weighted by atomic mass is 10.1. The number of ether oxygens (including phenoxy) is 1. The van der Waals surface area contributed by atoms with Crippen molar-refractivity contribution >= 4 is 12.0 Å². The van der Waals surface area contributed by atoms with Crippen molar-refractivity contribution in [3.63, 3.8) is 0 Å². The van der Waals surface area contributed by atoms with Gasteiger partial charge in [-0.05, 0) is 18.4 Å². The van der Waals surface area contributed by atoms with Crippen molar-refractivity contribution in [1.82, 2.24) is 10.6 Å². The van der Waals surface area contributed by atoms with E-state index in [1.54, 1.807) is 0 Å². The van der Waals surface area contributed by atoms with Crippen LogP contribution in [0.2, 0.25) is 0 Å². The standard InChI is InChI=1S/C16H22N2O3/c1-21-15(19)14(11-12-7-3-2-4-8-12)18-16(20)17-13-9-5-6-10-13/h2-4,7-8,13-14H,5-6,9-11H2,1H3,(H2,17,18,20)/t14-/m1/s1. The summed E-state index contributed by atoms with van der Waals surface area (Å²) in [6.07, 6.45) is 4.74. The van der Waals surface area contributed by atoms with Gasteiger partial charge < -0.3 is 15.4 Å². The topological polar surface area (TPSA) is 67.4 Å². The van der Waals surface area contributed by atoms with Gasteiger partial charge >= 0.3 is 12.0 Å². The van der Waals surface area contributed by atoms with Crippen molar-refractivity contribution in [3.8, 4) is 0 Å². The number of esters is 1. The number of methoxy groups -OCH3 is 1. The van der Waals surface area contributed by atoms with Crippen molar-refractivity contribution < 1.29 is 14.3 Å². The van der Waals surface area contributed by atoms with Crippen molar-refractivity contribution in [2.24, 2.45) is 0 Å². The van der Waals surface area contributed by atoms with E-state index >= 15 is 0 Å². The van der Waals surface area contributed by atoms with Crippen LogP contribution in [0.3, 0.4) is 0 Å². The highest BCUT2D eigenvalue weighted by atomic mass is 16.5. The summed E-state index contributed by atoms with van der Waals surface area (Å²) < 4.78 is 4.77. The maximum absolute atomic E-state index is 12.0. The van der Waals surface area contributed by atoms with E-state index in [4.69, 9.17) is 4.74 Å². The molecule has 5 heteroatoms. The molecule has 1 aromatic carbocycles. The molecule has 2 rings (SSSR count). The number of amides is 2. The van der Waals surface area contributed by atoms with E-state index in [9.17, 15) is 9.59 Å². The number of rotatable bonds is 5. The Morgan fingerprint density at radius 1 is 1.24 bits per heavy atom. The molecule has 2 N–H and O–H groups in total. The first kappa shape index (κ1) is 15.4. The van der Waals surface area contributed by atoms with E-state index in [-0.39, 0.29) is 12.1 Å². The lowest BCUT2D eigenvalue weighted by Crippen LogP contribution is -2.49. The Morgan fingerprint density at radius 2 is 1.90 bits per heavy atom. The number of carbonyl (C=O) groups is 2. The van der Waals surface area contributed by atoms with Gasteiger partial charge in [0.1, 0.15) is 6.04 Å². The molecule has 0 aliphatic heterocycles. The fourth-order valence-corrected chi connectivity index (χ4v) is 2.64. The third kappa shape index (κ3) is 4.77. The molecule has 0 bridgehead atoms. The minimum absolute atomic E-state index is 0.222. The van der Waals surface area contributed by atoms with E-state index in [0.29, 0.717) is 6.42 Å². The SMILES string of the molecule is COC(=O)[C@@H](Cc1ccccc1)NC(=O)NC1CCCC1. The number of urea groups is 1. The lowest BCUT2D eigenvalue weighted by Gasteiger charge is -2.19. The molecule has 114 valence electrons. The summed E-state index contributed by atoms with van der Waals surface area (Å²) in [5.41, 5.74) is 0.981. The zero-order chi connectivity index (χ0) is 15.1. The monoisotopic (exact) mass is 290 g/mol. The van der Waals surface area contributed by atoms with Crippen LogP contribution < -0.4 is 10.6 Å². The molecule has 1 aromatic rings. The highest BCUT2D eigenvalue weighted by Gasteiger charge is 2.24. The van der Waals surface area contributed by atoms with Gasteiger partial charge in [0, 0.05) is 12.5 Å². The first-order chi connectivity index (χ1) is 10.2. The van der Waals surface area contributed by atoms with Crippen molar-refractivity contribution in [2.45, 2.75) is 44.2 Å². The average molecular weight is 290 g/mol. The number of nitrogens with one attached hydrogen (secondary N) is 2. The smallest absolute Gasteiger partial charge is 0.328 e. The second-order valence-electron chi connectivity index (χ2n) is 5.36. The van der Waals surface area contributed by atoms with Crippen LogP contribution in [0.1, 0.15) is 31.2 Å². The quantitative estimate of drug-likeness (QED) is 0.815. The van der Waals surface area contributed by atoms with Crippen LogP contribution in [0.5, 0.6) is 0 Å². The maximum Gasteiger partial charge on any atom is 0.328 e. The molecule has 0 radical (unpaired) electrons. The Kier molecular flexibility index (Phi) is 5.60. The Labute approximate surface area is 125 Å². The van der Waals surface area contributed by atoms with Crippen LogP contribution in [0.25, 0.3) is 0 Å². The molecule has 0 unspecified atom stereocenters. The molecule has 0 heterocycles. The molecule has 0 aromatic heterocycles. The van der Waals surface area contributed by atoms with E-state index < -0.39 is 12.0 Å². The molecule has 1 aliphatic rings. The Morgan fingerprint density at radius 3 is 2.52 bits per heavy atom. The van der Waals surface area contributed by atoms with Gasteiger partial charge in [-0.15, -0.1) is 0 Å². The van der Waals surface area contributed by atoms with E-state index in [2.05, 4.69) is 10.6 Å². The second kappa shape index (κ2) is 7.67. The zero-order valence-electron chi connectivity index (χ0n) is 12.3. The van der Waals surface area contributed by atoms with Gasteiger partial charge in [0.25, 0.3) is 0 Å². The van der Waals surface area contributed by atoms with Gasteiger partial charge in [-0.2, -0.15) is 0 Å². The van der Waals surface area contributed by atoms with Crippen LogP contribution >= 0.6 is 0 Å². The fourth-order valence-electron chi connectivity index (χ4n) is 2.64. The number of benzene rings is 1. The van der Waals surface area contributed by atoms with Gasteiger partial charge in [-0.1, -0.05) is 43.2 Å². The predicted octanol–water partition coefficient (Wildman–Crippen LogP) is 2.01. The summed E-state index contributed by atoms with van der Waals surface area (Å²) in [4.78, 5) is 23.8. The Bertz CT molecular complexity index is 470. The molecule has 5 nitrogen and oxygen atoms in total. The molecule has 2 amide bonds. The maximum atomic E-state index is 12.0. The zero-order valence-corrected chi connectivity index (χ0v) is 12.3. The van der Waals surface area contributed by atoms with Gasteiger partial charge in [-0.25, -0.2) is 9.59 Å². The Balaban J connectivity index is 1.92. The second-order valence-corrected chi connectivity index (χ2v) is 5.36. The van der Waals surface area contributed by atoms with Crippen molar-refractivity contribution in [1.29, 1.82) is 0 Å². The molecule has 1 saturated carbocycles. The molecule has 1 aliphatic carbocycles. The average Bonchev–Trinajstić information content (AvgIpc) is 2.99. The molecule has 1 atom stereocenters. The highest BCUT2D eigenvalue weighted by Crippen LogP contribution is 2.17.